The van der Waals surface area contributed by atoms with Gasteiger partial charge in [-0.15, -0.1) is 6.58 Å². The van der Waals surface area contributed by atoms with E-state index in [9.17, 15) is 4.79 Å². The number of ketones is 1. The largest absolute Gasteiger partial charge is 0.493 e. The van der Waals surface area contributed by atoms with Crippen molar-refractivity contribution in [2.24, 2.45) is 0 Å². The van der Waals surface area contributed by atoms with Gasteiger partial charge in [-0.05, 0) is 32.4 Å². The fourth-order valence-corrected chi connectivity index (χ4v) is 2.44. The number of carbonyl (C=O) groups excluding carboxylic acids is 1. The molecule has 0 aliphatic carbocycles. The molecule has 2 rings (SSSR count). The molecule has 3 heteroatoms. The summed E-state index contributed by atoms with van der Waals surface area (Å²) in [5.74, 6) is 1.21. The van der Waals surface area contributed by atoms with Gasteiger partial charge in [0.05, 0.1) is 13.2 Å². The molecular formula is C20H22O3. The summed E-state index contributed by atoms with van der Waals surface area (Å²) in [4.78, 5) is 12.8. The number of hydrogen-bond donors (Lipinski definition) is 0. The van der Waals surface area contributed by atoms with Gasteiger partial charge in [-0.1, -0.05) is 36.4 Å². The standard InChI is InChI=1S/C20H22O3/c1-5-9-17-16(19(21)15-10-7-6-8-11-15)12-13-18(22-4)20(17)23-14(2)3/h5-8,10-14H,1,9H2,2-4H3. The molecule has 0 amide bonds. The first-order valence-electron chi connectivity index (χ1n) is 7.65. The van der Waals surface area contributed by atoms with Crippen LogP contribution in [0, 0.1) is 0 Å². The molecule has 2 aromatic carbocycles. The van der Waals surface area contributed by atoms with Crippen molar-refractivity contribution in [3.8, 4) is 11.5 Å². The molecular weight excluding hydrogens is 288 g/mol. The Bertz CT molecular complexity index is 688. The van der Waals surface area contributed by atoms with Crippen LogP contribution in [0.3, 0.4) is 0 Å². The van der Waals surface area contributed by atoms with Crippen LogP contribution in [0.4, 0.5) is 0 Å². The molecule has 2 aromatic rings. The van der Waals surface area contributed by atoms with E-state index < -0.39 is 0 Å². The molecule has 0 atom stereocenters. The maximum Gasteiger partial charge on any atom is 0.193 e. The SMILES string of the molecule is C=CCc1c(C(=O)c2ccccc2)ccc(OC)c1OC(C)C. The highest BCUT2D eigenvalue weighted by Gasteiger charge is 2.20. The van der Waals surface area contributed by atoms with Gasteiger partial charge in [0.25, 0.3) is 0 Å². The fourth-order valence-electron chi connectivity index (χ4n) is 2.44. The molecule has 0 heterocycles. The summed E-state index contributed by atoms with van der Waals surface area (Å²) < 4.78 is 11.3. The van der Waals surface area contributed by atoms with E-state index in [4.69, 9.17) is 9.47 Å². The molecule has 3 nitrogen and oxygen atoms in total. The number of allylic oxidation sites excluding steroid dienone is 1. The summed E-state index contributed by atoms with van der Waals surface area (Å²) in [7, 11) is 1.60. The first-order chi connectivity index (χ1) is 11.1. The van der Waals surface area contributed by atoms with Crippen molar-refractivity contribution < 1.29 is 14.3 Å². The van der Waals surface area contributed by atoms with Crippen LogP contribution in [0.5, 0.6) is 11.5 Å². The lowest BCUT2D eigenvalue weighted by molar-refractivity contribution is 0.103. The maximum atomic E-state index is 12.8. The van der Waals surface area contributed by atoms with Gasteiger partial charge in [0.2, 0.25) is 0 Å². The molecule has 0 aliphatic heterocycles. The van der Waals surface area contributed by atoms with E-state index in [1.165, 1.54) is 0 Å². The van der Waals surface area contributed by atoms with Crippen molar-refractivity contribution in [2.75, 3.05) is 7.11 Å². The smallest absolute Gasteiger partial charge is 0.193 e. The van der Waals surface area contributed by atoms with Crippen molar-refractivity contribution in [3.05, 3.63) is 71.8 Å². The van der Waals surface area contributed by atoms with Crippen LogP contribution in [-0.4, -0.2) is 19.0 Å². The Hall–Kier alpha value is -2.55. The third kappa shape index (κ3) is 3.81. The fraction of sp³-hybridized carbons (Fsp3) is 0.250. The number of ether oxygens (including phenoxy) is 2. The van der Waals surface area contributed by atoms with E-state index in [-0.39, 0.29) is 11.9 Å². The van der Waals surface area contributed by atoms with E-state index in [1.807, 2.05) is 44.2 Å². The van der Waals surface area contributed by atoms with Crippen molar-refractivity contribution >= 4 is 5.78 Å². The number of rotatable bonds is 7. The molecule has 0 radical (unpaired) electrons. The van der Waals surface area contributed by atoms with E-state index in [0.717, 1.165) is 5.56 Å². The van der Waals surface area contributed by atoms with Crippen molar-refractivity contribution in [1.29, 1.82) is 0 Å². The number of methoxy groups -OCH3 is 1. The quantitative estimate of drug-likeness (QED) is 0.560. The molecule has 23 heavy (non-hydrogen) atoms. The van der Waals surface area contributed by atoms with E-state index in [2.05, 4.69) is 6.58 Å². The number of hydrogen-bond acceptors (Lipinski definition) is 3. The molecule has 0 spiro atoms. The summed E-state index contributed by atoms with van der Waals surface area (Å²) in [6.07, 6.45) is 2.28. The van der Waals surface area contributed by atoms with E-state index in [1.54, 1.807) is 25.3 Å². The highest BCUT2D eigenvalue weighted by Crippen LogP contribution is 2.36. The number of benzene rings is 2. The van der Waals surface area contributed by atoms with Gasteiger partial charge in [-0.25, -0.2) is 0 Å². The van der Waals surface area contributed by atoms with E-state index in [0.29, 0.717) is 29.0 Å². The second-order valence-corrected chi connectivity index (χ2v) is 5.48. The van der Waals surface area contributed by atoms with Crippen LogP contribution in [0.15, 0.2) is 55.1 Å². The van der Waals surface area contributed by atoms with Crippen LogP contribution in [0.25, 0.3) is 0 Å². The molecule has 0 saturated heterocycles. The molecule has 0 bridgehead atoms. The van der Waals surface area contributed by atoms with Crippen molar-refractivity contribution in [1.82, 2.24) is 0 Å². The normalized spacial score (nSPS) is 10.4. The van der Waals surface area contributed by atoms with Crippen LogP contribution in [0.2, 0.25) is 0 Å². The van der Waals surface area contributed by atoms with Gasteiger partial charge < -0.3 is 9.47 Å². The van der Waals surface area contributed by atoms with Gasteiger partial charge in [0.15, 0.2) is 17.3 Å². The minimum Gasteiger partial charge on any atom is -0.493 e. The summed E-state index contributed by atoms with van der Waals surface area (Å²) >= 11 is 0. The molecule has 0 fully saturated rings. The van der Waals surface area contributed by atoms with Gasteiger partial charge in [-0.2, -0.15) is 0 Å². The van der Waals surface area contributed by atoms with Gasteiger partial charge in [0, 0.05) is 16.7 Å². The zero-order valence-corrected chi connectivity index (χ0v) is 13.8. The molecule has 0 N–H and O–H groups in total. The lowest BCUT2D eigenvalue weighted by Gasteiger charge is -2.19. The average molecular weight is 310 g/mol. The second-order valence-electron chi connectivity index (χ2n) is 5.48. The predicted molar refractivity (Wildman–Crippen MR) is 92.5 cm³/mol. The summed E-state index contributed by atoms with van der Waals surface area (Å²) in [6, 6.07) is 12.8. The first-order valence-corrected chi connectivity index (χ1v) is 7.65. The monoisotopic (exact) mass is 310 g/mol. The Morgan fingerprint density at radius 2 is 1.87 bits per heavy atom. The van der Waals surface area contributed by atoms with E-state index >= 15 is 0 Å². The third-order valence-electron chi connectivity index (χ3n) is 3.43. The third-order valence-corrected chi connectivity index (χ3v) is 3.43. The van der Waals surface area contributed by atoms with Crippen LogP contribution < -0.4 is 9.47 Å². The zero-order valence-electron chi connectivity index (χ0n) is 13.8. The lowest BCUT2D eigenvalue weighted by Crippen LogP contribution is -2.12. The average Bonchev–Trinajstić information content (AvgIpc) is 2.56. The van der Waals surface area contributed by atoms with Crippen molar-refractivity contribution in [3.63, 3.8) is 0 Å². The zero-order chi connectivity index (χ0) is 16.8. The Morgan fingerprint density at radius 1 is 1.17 bits per heavy atom. The molecule has 120 valence electrons. The Morgan fingerprint density at radius 3 is 2.43 bits per heavy atom. The first kappa shape index (κ1) is 16.8. The molecule has 0 unspecified atom stereocenters. The van der Waals surface area contributed by atoms with Gasteiger partial charge in [-0.3, -0.25) is 4.79 Å². The Balaban J connectivity index is 2.59. The molecule has 0 aromatic heterocycles. The molecule has 0 saturated carbocycles. The minimum absolute atomic E-state index is 0.0189. The van der Waals surface area contributed by atoms with Crippen LogP contribution in [0.1, 0.15) is 35.3 Å². The lowest BCUT2D eigenvalue weighted by atomic mass is 9.95. The highest BCUT2D eigenvalue weighted by atomic mass is 16.5. The maximum absolute atomic E-state index is 12.8. The number of carbonyl (C=O) groups is 1. The topological polar surface area (TPSA) is 35.5 Å². The summed E-state index contributed by atoms with van der Waals surface area (Å²) in [5.41, 5.74) is 2.08. The second kappa shape index (κ2) is 7.63. The van der Waals surface area contributed by atoms with Gasteiger partial charge >= 0.3 is 0 Å². The van der Waals surface area contributed by atoms with Gasteiger partial charge in [0.1, 0.15) is 0 Å². The highest BCUT2D eigenvalue weighted by molar-refractivity contribution is 6.10. The Kier molecular flexibility index (Phi) is 5.58. The predicted octanol–water partition coefficient (Wildman–Crippen LogP) is 4.44. The van der Waals surface area contributed by atoms with Crippen molar-refractivity contribution in [2.45, 2.75) is 26.4 Å². The van der Waals surface area contributed by atoms with Crippen LogP contribution >= 0.6 is 0 Å². The van der Waals surface area contributed by atoms with Crippen LogP contribution in [-0.2, 0) is 6.42 Å². The Labute approximate surface area is 137 Å². The summed E-state index contributed by atoms with van der Waals surface area (Å²) in [6.45, 7) is 7.69. The minimum atomic E-state index is -0.0290. The summed E-state index contributed by atoms with van der Waals surface area (Å²) in [5, 5.41) is 0. The molecule has 0 aliphatic rings.